The number of hydrogen-bond donors (Lipinski definition) is 1. The summed E-state index contributed by atoms with van der Waals surface area (Å²) in [6.45, 7) is 4.18. The molecule has 3 nitrogen and oxygen atoms in total. The Morgan fingerprint density at radius 2 is 2.12 bits per heavy atom. The van der Waals surface area contributed by atoms with Crippen LogP contribution in [0.4, 0.5) is 0 Å². The van der Waals surface area contributed by atoms with Crippen LogP contribution in [0.2, 0.25) is 0 Å². The van der Waals surface area contributed by atoms with Crippen LogP contribution in [0, 0.1) is 0 Å². The topological polar surface area (TPSA) is 46.5 Å². The molecule has 1 saturated carbocycles. The molecular weight excluding hydrogens is 224 g/mol. The summed E-state index contributed by atoms with van der Waals surface area (Å²) in [5, 5.41) is 0. The average molecular weight is 240 g/mol. The van der Waals surface area contributed by atoms with Crippen LogP contribution >= 0.6 is 0 Å². The Labute approximate surface area is 98.1 Å². The van der Waals surface area contributed by atoms with Crippen LogP contribution in [0.3, 0.4) is 0 Å². The van der Waals surface area contributed by atoms with Gasteiger partial charge < -0.3 is 9.29 Å². The van der Waals surface area contributed by atoms with Crippen LogP contribution in [0.25, 0.3) is 0 Å². The van der Waals surface area contributed by atoms with Crippen LogP contribution in [-0.2, 0) is 11.1 Å². The van der Waals surface area contributed by atoms with Gasteiger partial charge in [0.25, 0.3) is 0 Å². The van der Waals surface area contributed by atoms with E-state index >= 15 is 0 Å². The maximum atomic E-state index is 11.0. The molecule has 2 rings (SSSR count). The minimum atomic E-state index is -1.94. The van der Waals surface area contributed by atoms with Crippen molar-refractivity contribution in [1.82, 2.24) is 0 Å². The predicted molar refractivity (Wildman–Crippen MR) is 63.2 cm³/mol. The lowest BCUT2D eigenvalue weighted by atomic mass is 10.0. The first-order valence-electron chi connectivity index (χ1n) is 5.49. The number of ether oxygens (including phenoxy) is 1. The third-order valence-corrected chi connectivity index (χ3v) is 3.28. The van der Waals surface area contributed by atoms with Gasteiger partial charge in [-0.15, -0.1) is 0 Å². The minimum Gasteiger partial charge on any atom is -0.490 e. The number of rotatable bonds is 4. The van der Waals surface area contributed by atoms with Crippen molar-refractivity contribution >= 4 is 11.1 Å². The van der Waals surface area contributed by atoms with Crippen molar-refractivity contribution in [2.45, 2.75) is 43.6 Å². The standard InChI is InChI=1S/C12H16O3S/c1-8(2)11-6-5-10(16(13)14)7-12(11)15-9-3-4-9/h5-9H,3-4H2,1-2H3,(H,13,14). The second-order valence-corrected chi connectivity index (χ2v) is 5.39. The molecule has 0 aliphatic heterocycles. The van der Waals surface area contributed by atoms with Crippen molar-refractivity contribution in [3.05, 3.63) is 23.8 Å². The predicted octanol–water partition coefficient (Wildman–Crippen LogP) is 2.93. The summed E-state index contributed by atoms with van der Waals surface area (Å²) in [6, 6.07) is 5.25. The van der Waals surface area contributed by atoms with E-state index in [-0.39, 0.29) is 0 Å². The highest BCUT2D eigenvalue weighted by Gasteiger charge is 2.25. The molecule has 0 saturated heterocycles. The monoisotopic (exact) mass is 240 g/mol. The highest BCUT2D eigenvalue weighted by molar-refractivity contribution is 7.79. The lowest BCUT2D eigenvalue weighted by molar-refractivity contribution is 0.298. The van der Waals surface area contributed by atoms with E-state index in [1.165, 1.54) is 0 Å². The van der Waals surface area contributed by atoms with Crippen molar-refractivity contribution in [1.29, 1.82) is 0 Å². The summed E-state index contributed by atoms with van der Waals surface area (Å²) in [5.74, 6) is 1.12. The zero-order valence-electron chi connectivity index (χ0n) is 9.47. The first kappa shape index (κ1) is 11.6. The molecule has 16 heavy (non-hydrogen) atoms. The molecule has 1 fully saturated rings. The molecule has 1 unspecified atom stereocenters. The maximum absolute atomic E-state index is 11.0. The van der Waals surface area contributed by atoms with Crippen molar-refractivity contribution in [2.75, 3.05) is 0 Å². The Hall–Kier alpha value is -0.870. The molecule has 1 aromatic carbocycles. The van der Waals surface area contributed by atoms with Gasteiger partial charge in [-0.05, 0) is 36.5 Å². The van der Waals surface area contributed by atoms with Crippen LogP contribution in [0.15, 0.2) is 23.1 Å². The van der Waals surface area contributed by atoms with Crippen molar-refractivity contribution in [3.8, 4) is 5.75 Å². The molecule has 1 aliphatic carbocycles. The Bertz CT molecular complexity index is 411. The SMILES string of the molecule is CC(C)c1ccc(S(=O)O)cc1OC1CC1. The molecule has 0 bridgehead atoms. The van der Waals surface area contributed by atoms with E-state index in [2.05, 4.69) is 13.8 Å². The van der Waals surface area contributed by atoms with Gasteiger partial charge in [-0.2, -0.15) is 0 Å². The first-order chi connectivity index (χ1) is 7.58. The molecule has 1 atom stereocenters. The highest BCUT2D eigenvalue weighted by Crippen LogP contribution is 2.33. The Morgan fingerprint density at radius 1 is 1.44 bits per heavy atom. The van der Waals surface area contributed by atoms with Crippen LogP contribution < -0.4 is 4.74 Å². The zero-order valence-corrected chi connectivity index (χ0v) is 10.3. The van der Waals surface area contributed by atoms with Gasteiger partial charge in [-0.1, -0.05) is 19.9 Å². The van der Waals surface area contributed by atoms with Gasteiger partial charge in [0.15, 0.2) is 11.1 Å². The second kappa shape index (κ2) is 4.55. The van der Waals surface area contributed by atoms with Crippen LogP contribution in [0.5, 0.6) is 5.75 Å². The first-order valence-corrected chi connectivity index (χ1v) is 6.60. The molecular formula is C12H16O3S. The molecule has 0 radical (unpaired) electrons. The second-order valence-electron chi connectivity index (χ2n) is 4.42. The van der Waals surface area contributed by atoms with Gasteiger partial charge in [0.2, 0.25) is 0 Å². The third kappa shape index (κ3) is 2.62. The van der Waals surface area contributed by atoms with E-state index in [1.54, 1.807) is 12.1 Å². The smallest absolute Gasteiger partial charge is 0.186 e. The van der Waals surface area contributed by atoms with E-state index < -0.39 is 11.1 Å². The fourth-order valence-corrected chi connectivity index (χ4v) is 1.96. The molecule has 1 N–H and O–H groups in total. The molecule has 4 heteroatoms. The summed E-state index contributed by atoms with van der Waals surface area (Å²) in [4.78, 5) is 0.403. The summed E-state index contributed by atoms with van der Waals surface area (Å²) in [6.07, 6.45) is 2.48. The van der Waals surface area contributed by atoms with Crippen LogP contribution in [0.1, 0.15) is 38.2 Å². The van der Waals surface area contributed by atoms with E-state index in [9.17, 15) is 4.21 Å². The summed E-state index contributed by atoms with van der Waals surface area (Å²) < 4.78 is 25.8. The molecule has 1 aromatic rings. The quantitative estimate of drug-likeness (QED) is 0.823. The zero-order chi connectivity index (χ0) is 11.7. The minimum absolute atomic E-state index is 0.305. The van der Waals surface area contributed by atoms with Gasteiger partial charge in [-0.3, -0.25) is 0 Å². The fraction of sp³-hybridized carbons (Fsp3) is 0.500. The molecule has 1 aliphatic rings. The Morgan fingerprint density at radius 3 is 2.62 bits per heavy atom. The lowest BCUT2D eigenvalue weighted by Crippen LogP contribution is -2.02. The molecule has 0 amide bonds. The average Bonchev–Trinajstić information content (AvgIpc) is 3.01. The van der Waals surface area contributed by atoms with Crippen molar-refractivity contribution in [3.63, 3.8) is 0 Å². The highest BCUT2D eigenvalue weighted by atomic mass is 32.2. The van der Waals surface area contributed by atoms with E-state index in [1.807, 2.05) is 6.07 Å². The Kier molecular flexibility index (Phi) is 3.30. The summed E-state index contributed by atoms with van der Waals surface area (Å²) in [7, 11) is 0. The maximum Gasteiger partial charge on any atom is 0.186 e. The van der Waals surface area contributed by atoms with E-state index in [0.29, 0.717) is 16.9 Å². The van der Waals surface area contributed by atoms with Gasteiger partial charge in [0.05, 0.1) is 11.0 Å². The van der Waals surface area contributed by atoms with Gasteiger partial charge in [-0.25, -0.2) is 4.21 Å². The summed E-state index contributed by atoms with van der Waals surface area (Å²) in [5.41, 5.74) is 1.10. The lowest BCUT2D eigenvalue weighted by Gasteiger charge is -2.14. The summed E-state index contributed by atoms with van der Waals surface area (Å²) >= 11 is -1.94. The molecule has 0 heterocycles. The third-order valence-electron chi connectivity index (χ3n) is 2.63. The van der Waals surface area contributed by atoms with Crippen LogP contribution in [-0.4, -0.2) is 14.9 Å². The van der Waals surface area contributed by atoms with E-state index in [4.69, 9.17) is 9.29 Å². The number of benzene rings is 1. The van der Waals surface area contributed by atoms with E-state index in [0.717, 1.165) is 24.2 Å². The van der Waals surface area contributed by atoms with Crippen molar-refractivity contribution < 1.29 is 13.5 Å². The molecule has 0 spiro atoms. The molecule has 0 aromatic heterocycles. The van der Waals surface area contributed by atoms with Gasteiger partial charge in [0, 0.05) is 0 Å². The number of hydrogen-bond acceptors (Lipinski definition) is 2. The Balaban J connectivity index is 2.33. The van der Waals surface area contributed by atoms with Crippen molar-refractivity contribution in [2.24, 2.45) is 0 Å². The largest absolute Gasteiger partial charge is 0.490 e. The van der Waals surface area contributed by atoms with Gasteiger partial charge >= 0.3 is 0 Å². The molecule has 88 valence electrons. The fourth-order valence-electron chi connectivity index (χ4n) is 1.57. The van der Waals surface area contributed by atoms with Gasteiger partial charge in [0.1, 0.15) is 5.75 Å². The normalized spacial score (nSPS) is 17.5.